The first-order valence-electron chi connectivity index (χ1n) is 4.63. The van der Waals surface area contributed by atoms with Crippen LogP contribution >= 0.6 is 0 Å². The van der Waals surface area contributed by atoms with Crippen molar-refractivity contribution in [1.82, 2.24) is 0 Å². The Balaban J connectivity index is 2.40. The number of hydrogen-bond acceptors (Lipinski definition) is 4. The summed E-state index contributed by atoms with van der Waals surface area (Å²) in [5, 5.41) is 11.8. The second-order valence-electron chi connectivity index (χ2n) is 3.21. The monoisotopic (exact) mass is 219 g/mol. The fraction of sp³-hybridized carbons (Fsp3) is 0.0909. The van der Waals surface area contributed by atoms with Crippen LogP contribution in [0.1, 0.15) is 0 Å². The van der Waals surface area contributed by atoms with Gasteiger partial charge in [0.15, 0.2) is 0 Å². The molecule has 0 aliphatic carbocycles. The average molecular weight is 219 g/mol. The van der Waals surface area contributed by atoms with Gasteiger partial charge in [0.2, 0.25) is 5.91 Å². The molecule has 5 heteroatoms. The fourth-order valence-corrected chi connectivity index (χ4v) is 1.35. The predicted molar refractivity (Wildman–Crippen MR) is 58.2 cm³/mol. The maximum atomic E-state index is 10.9. The van der Waals surface area contributed by atoms with Gasteiger partial charge in [0.1, 0.15) is 12.2 Å². The van der Waals surface area contributed by atoms with E-state index in [2.05, 4.69) is 5.32 Å². The van der Waals surface area contributed by atoms with Crippen LogP contribution in [0.25, 0.3) is 11.0 Å². The number of hydrogen-bond donors (Lipinski definition) is 2. The highest BCUT2D eigenvalue weighted by Gasteiger charge is 2.02. The van der Waals surface area contributed by atoms with E-state index in [1.165, 1.54) is 6.07 Å². The van der Waals surface area contributed by atoms with Gasteiger partial charge in [-0.25, -0.2) is 4.79 Å². The van der Waals surface area contributed by atoms with E-state index in [-0.39, 0.29) is 0 Å². The molecule has 82 valence electrons. The topological polar surface area (TPSA) is 79.5 Å². The van der Waals surface area contributed by atoms with Gasteiger partial charge < -0.3 is 14.8 Å². The Morgan fingerprint density at radius 2 is 2.12 bits per heavy atom. The van der Waals surface area contributed by atoms with Crippen molar-refractivity contribution in [2.45, 2.75) is 0 Å². The minimum absolute atomic E-state index is 0.417. The average Bonchev–Trinajstić information content (AvgIpc) is 2.29. The van der Waals surface area contributed by atoms with Crippen LogP contribution in [0.5, 0.6) is 0 Å². The standard InChI is InChI=1S/C11H9NO4/c13-6-10(14)12-8-2-3-9-7(5-8)1-4-11(15)16-9/h1-5,13H,6H2,(H,12,14). The van der Waals surface area contributed by atoms with Crippen LogP contribution in [0.2, 0.25) is 0 Å². The molecule has 16 heavy (non-hydrogen) atoms. The molecule has 1 aromatic heterocycles. The molecule has 0 saturated heterocycles. The largest absolute Gasteiger partial charge is 0.423 e. The lowest BCUT2D eigenvalue weighted by molar-refractivity contribution is -0.118. The molecule has 5 nitrogen and oxygen atoms in total. The van der Waals surface area contributed by atoms with Crippen LogP contribution in [-0.4, -0.2) is 17.6 Å². The molecule has 0 spiro atoms. The number of carbonyl (C=O) groups is 1. The molecule has 0 bridgehead atoms. The van der Waals surface area contributed by atoms with Crippen molar-refractivity contribution in [3.63, 3.8) is 0 Å². The van der Waals surface area contributed by atoms with Crippen LogP contribution in [0.15, 0.2) is 39.5 Å². The maximum absolute atomic E-state index is 10.9. The molecule has 0 aliphatic rings. The molecule has 0 radical (unpaired) electrons. The summed E-state index contributed by atoms with van der Waals surface area (Å²) < 4.78 is 4.93. The van der Waals surface area contributed by atoms with E-state index in [0.717, 1.165) is 0 Å². The first kappa shape index (κ1) is 10.4. The third kappa shape index (κ3) is 2.09. The summed E-state index contributed by atoms with van der Waals surface area (Å²) in [4.78, 5) is 21.9. The molecule has 1 aromatic carbocycles. The predicted octanol–water partition coefficient (Wildman–Crippen LogP) is 0.724. The fourth-order valence-electron chi connectivity index (χ4n) is 1.35. The Hall–Kier alpha value is -2.14. The van der Waals surface area contributed by atoms with E-state index >= 15 is 0 Å². The molecule has 2 N–H and O–H groups in total. The number of nitrogens with one attached hydrogen (secondary N) is 1. The zero-order valence-electron chi connectivity index (χ0n) is 8.27. The second kappa shape index (κ2) is 4.16. The first-order chi connectivity index (χ1) is 7.69. The number of anilines is 1. The Kier molecular flexibility index (Phi) is 2.70. The molecule has 2 rings (SSSR count). The molecule has 0 unspecified atom stereocenters. The Morgan fingerprint density at radius 3 is 2.88 bits per heavy atom. The third-order valence-corrected chi connectivity index (χ3v) is 2.05. The van der Waals surface area contributed by atoms with E-state index in [1.54, 1.807) is 24.3 Å². The van der Waals surface area contributed by atoms with E-state index in [0.29, 0.717) is 16.7 Å². The molecular weight excluding hydrogens is 210 g/mol. The highest BCUT2D eigenvalue weighted by molar-refractivity contribution is 5.93. The lowest BCUT2D eigenvalue weighted by atomic mass is 10.2. The number of amides is 1. The molecule has 0 saturated carbocycles. The second-order valence-corrected chi connectivity index (χ2v) is 3.21. The van der Waals surface area contributed by atoms with Gasteiger partial charge in [-0.1, -0.05) is 0 Å². The number of rotatable bonds is 2. The molecule has 0 atom stereocenters. The van der Waals surface area contributed by atoms with E-state index in [9.17, 15) is 9.59 Å². The van der Waals surface area contributed by atoms with Crippen LogP contribution in [-0.2, 0) is 4.79 Å². The number of benzene rings is 1. The Morgan fingerprint density at radius 1 is 1.31 bits per heavy atom. The molecular formula is C11H9NO4. The van der Waals surface area contributed by atoms with Gasteiger partial charge in [0.25, 0.3) is 0 Å². The summed E-state index contributed by atoms with van der Waals surface area (Å²) in [6, 6.07) is 7.75. The molecule has 1 amide bonds. The molecule has 2 aromatic rings. The number of aliphatic hydroxyl groups is 1. The van der Waals surface area contributed by atoms with E-state index in [4.69, 9.17) is 9.52 Å². The van der Waals surface area contributed by atoms with Crippen molar-refractivity contribution in [3.05, 3.63) is 40.8 Å². The summed E-state index contributed by atoms with van der Waals surface area (Å²) in [6.45, 7) is -0.568. The number of carbonyl (C=O) groups excluding carboxylic acids is 1. The summed E-state index contributed by atoms with van der Waals surface area (Å²) in [5.74, 6) is -0.489. The maximum Gasteiger partial charge on any atom is 0.336 e. The van der Waals surface area contributed by atoms with Crippen molar-refractivity contribution in [2.75, 3.05) is 11.9 Å². The quantitative estimate of drug-likeness (QED) is 0.729. The SMILES string of the molecule is O=C(CO)Nc1ccc2oc(=O)ccc2c1. The van der Waals surface area contributed by atoms with Gasteiger partial charge >= 0.3 is 5.63 Å². The van der Waals surface area contributed by atoms with Crippen LogP contribution < -0.4 is 10.9 Å². The highest BCUT2D eigenvalue weighted by Crippen LogP contribution is 2.17. The Labute approximate surface area is 90.3 Å². The van der Waals surface area contributed by atoms with Crippen LogP contribution in [0.4, 0.5) is 5.69 Å². The number of fused-ring (bicyclic) bond motifs is 1. The summed E-state index contributed by atoms with van der Waals surface area (Å²) in [7, 11) is 0. The van der Waals surface area contributed by atoms with Gasteiger partial charge in [-0.2, -0.15) is 0 Å². The van der Waals surface area contributed by atoms with Gasteiger partial charge in [0, 0.05) is 17.1 Å². The van der Waals surface area contributed by atoms with Gasteiger partial charge in [-0.15, -0.1) is 0 Å². The van der Waals surface area contributed by atoms with Crippen molar-refractivity contribution >= 4 is 22.6 Å². The van der Waals surface area contributed by atoms with Gasteiger partial charge in [0.05, 0.1) is 0 Å². The normalized spacial score (nSPS) is 10.3. The number of aliphatic hydroxyl groups excluding tert-OH is 1. The lowest BCUT2D eigenvalue weighted by Crippen LogP contribution is -2.15. The zero-order valence-corrected chi connectivity index (χ0v) is 8.27. The van der Waals surface area contributed by atoms with Crippen molar-refractivity contribution in [1.29, 1.82) is 0 Å². The van der Waals surface area contributed by atoms with Crippen LogP contribution in [0, 0.1) is 0 Å². The summed E-state index contributed by atoms with van der Waals surface area (Å²) in [5.41, 5.74) is 0.578. The minimum Gasteiger partial charge on any atom is -0.423 e. The van der Waals surface area contributed by atoms with Crippen molar-refractivity contribution < 1.29 is 14.3 Å². The van der Waals surface area contributed by atoms with E-state index < -0.39 is 18.1 Å². The van der Waals surface area contributed by atoms with Crippen LogP contribution in [0.3, 0.4) is 0 Å². The molecule has 1 heterocycles. The van der Waals surface area contributed by atoms with Crippen molar-refractivity contribution in [3.8, 4) is 0 Å². The summed E-state index contributed by atoms with van der Waals surface area (Å²) in [6.07, 6.45) is 0. The van der Waals surface area contributed by atoms with Crippen molar-refractivity contribution in [2.24, 2.45) is 0 Å². The highest BCUT2D eigenvalue weighted by atomic mass is 16.4. The summed E-state index contributed by atoms with van der Waals surface area (Å²) >= 11 is 0. The molecule has 0 fully saturated rings. The third-order valence-electron chi connectivity index (χ3n) is 2.05. The van der Waals surface area contributed by atoms with E-state index in [1.807, 2.05) is 0 Å². The van der Waals surface area contributed by atoms with Gasteiger partial charge in [-0.05, 0) is 24.3 Å². The smallest absolute Gasteiger partial charge is 0.336 e. The first-order valence-corrected chi connectivity index (χ1v) is 4.63. The zero-order chi connectivity index (χ0) is 11.5. The molecule has 0 aliphatic heterocycles. The lowest BCUT2D eigenvalue weighted by Gasteiger charge is -2.03. The Bertz CT molecular complexity index is 588. The van der Waals surface area contributed by atoms with Gasteiger partial charge in [-0.3, -0.25) is 4.79 Å². The minimum atomic E-state index is -0.568.